The van der Waals surface area contributed by atoms with E-state index < -0.39 is 4.92 Å². The Morgan fingerprint density at radius 1 is 1.08 bits per heavy atom. The SMILES string of the molecule is O=[N+]([O-])c1ccc(OCCCCCCNC(=S)Nc2ccncc2)cc1. The molecule has 0 radical (unpaired) electrons. The first-order valence-electron chi connectivity index (χ1n) is 8.47. The van der Waals surface area contributed by atoms with Crippen molar-refractivity contribution in [1.82, 2.24) is 10.3 Å². The number of nitrogens with one attached hydrogen (secondary N) is 2. The first-order valence-corrected chi connectivity index (χ1v) is 8.88. The van der Waals surface area contributed by atoms with E-state index in [9.17, 15) is 10.1 Å². The van der Waals surface area contributed by atoms with Gasteiger partial charge in [-0.2, -0.15) is 0 Å². The summed E-state index contributed by atoms with van der Waals surface area (Å²) in [6.45, 7) is 1.42. The Kier molecular flexibility index (Phi) is 8.28. The number of nitro groups is 1. The molecule has 1 heterocycles. The molecule has 2 N–H and O–H groups in total. The van der Waals surface area contributed by atoms with Gasteiger partial charge >= 0.3 is 0 Å². The first kappa shape index (κ1) is 19.6. The number of hydrogen-bond donors (Lipinski definition) is 2. The van der Waals surface area contributed by atoms with E-state index in [0.29, 0.717) is 17.5 Å². The third kappa shape index (κ3) is 7.43. The van der Waals surface area contributed by atoms with Crippen molar-refractivity contribution >= 4 is 28.7 Å². The molecule has 0 bridgehead atoms. The number of hydrogen-bond acceptors (Lipinski definition) is 5. The van der Waals surface area contributed by atoms with Crippen LogP contribution in [0.5, 0.6) is 5.75 Å². The second-order valence-corrected chi connectivity index (χ2v) is 6.04. The molecule has 2 aromatic rings. The van der Waals surface area contributed by atoms with Crippen molar-refractivity contribution in [2.24, 2.45) is 0 Å². The largest absolute Gasteiger partial charge is 0.494 e. The maximum absolute atomic E-state index is 10.6. The van der Waals surface area contributed by atoms with Crippen LogP contribution in [0.15, 0.2) is 48.8 Å². The number of nitrogens with zero attached hydrogens (tertiary/aromatic N) is 2. The average molecular weight is 374 g/mol. The van der Waals surface area contributed by atoms with Crippen LogP contribution in [-0.4, -0.2) is 28.2 Å². The lowest BCUT2D eigenvalue weighted by molar-refractivity contribution is -0.384. The zero-order valence-electron chi connectivity index (χ0n) is 14.4. The first-order chi connectivity index (χ1) is 12.6. The molecule has 1 aromatic carbocycles. The predicted octanol–water partition coefficient (Wildman–Crippen LogP) is 3.92. The standard InChI is InChI=1S/C18H22N4O3S/c23-22(24)16-5-7-17(8-6-16)25-14-4-2-1-3-11-20-18(26)21-15-9-12-19-13-10-15/h5-10,12-13H,1-4,11,14H2,(H2,19,20,21,26). The summed E-state index contributed by atoms with van der Waals surface area (Å²) in [5, 5.41) is 17.5. The van der Waals surface area contributed by atoms with Gasteiger partial charge in [0.1, 0.15) is 5.75 Å². The fraction of sp³-hybridized carbons (Fsp3) is 0.333. The highest BCUT2D eigenvalue weighted by atomic mass is 32.1. The minimum absolute atomic E-state index is 0.0705. The number of aromatic nitrogens is 1. The molecule has 1 aromatic heterocycles. The van der Waals surface area contributed by atoms with E-state index in [1.54, 1.807) is 24.5 Å². The van der Waals surface area contributed by atoms with Gasteiger partial charge in [0.15, 0.2) is 5.11 Å². The number of non-ortho nitro benzene ring substituents is 1. The molecule has 0 unspecified atom stereocenters. The lowest BCUT2D eigenvalue weighted by Gasteiger charge is -2.10. The highest BCUT2D eigenvalue weighted by Gasteiger charge is 2.04. The third-order valence-electron chi connectivity index (χ3n) is 3.61. The molecule has 0 saturated heterocycles. The molecular weight excluding hydrogens is 352 g/mol. The molecule has 138 valence electrons. The summed E-state index contributed by atoms with van der Waals surface area (Å²) in [5.41, 5.74) is 0.988. The summed E-state index contributed by atoms with van der Waals surface area (Å²) in [4.78, 5) is 14.1. The minimum Gasteiger partial charge on any atom is -0.494 e. The molecule has 26 heavy (non-hydrogen) atoms. The second kappa shape index (κ2) is 11.0. The Bertz CT molecular complexity index is 695. The van der Waals surface area contributed by atoms with Crippen LogP contribution in [0, 0.1) is 10.1 Å². The minimum atomic E-state index is -0.421. The highest BCUT2D eigenvalue weighted by molar-refractivity contribution is 7.80. The number of ether oxygens (including phenoxy) is 1. The van der Waals surface area contributed by atoms with Crippen molar-refractivity contribution in [1.29, 1.82) is 0 Å². The van der Waals surface area contributed by atoms with Crippen molar-refractivity contribution < 1.29 is 9.66 Å². The Hall–Kier alpha value is -2.74. The van der Waals surface area contributed by atoms with E-state index in [2.05, 4.69) is 15.6 Å². The Morgan fingerprint density at radius 2 is 1.77 bits per heavy atom. The lowest BCUT2D eigenvalue weighted by Crippen LogP contribution is -2.29. The molecule has 8 heteroatoms. The van der Waals surface area contributed by atoms with E-state index in [-0.39, 0.29) is 5.69 Å². The fourth-order valence-corrected chi connectivity index (χ4v) is 2.47. The van der Waals surface area contributed by atoms with Crippen LogP contribution in [0.1, 0.15) is 25.7 Å². The van der Waals surface area contributed by atoms with Gasteiger partial charge in [0.05, 0.1) is 11.5 Å². The van der Waals surface area contributed by atoms with Crippen LogP contribution >= 0.6 is 12.2 Å². The molecule has 0 aliphatic heterocycles. The molecule has 0 spiro atoms. The topological polar surface area (TPSA) is 89.3 Å². The van der Waals surface area contributed by atoms with Crippen LogP contribution < -0.4 is 15.4 Å². The van der Waals surface area contributed by atoms with E-state index in [1.807, 2.05) is 12.1 Å². The smallest absolute Gasteiger partial charge is 0.269 e. The van der Waals surface area contributed by atoms with Crippen molar-refractivity contribution in [3.8, 4) is 5.75 Å². The Labute approximate surface area is 157 Å². The summed E-state index contributed by atoms with van der Waals surface area (Å²) in [7, 11) is 0. The number of anilines is 1. The number of pyridine rings is 1. The molecule has 0 aliphatic carbocycles. The Balaban J connectivity index is 1.48. The lowest BCUT2D eigenvalue weighted by atomic mass is 10.2. The number of rotatable bonds is 10. The van der Waals surface area contributed by atoms with E-state index >= 15 is 0 Å². The number of nitro benzene ring substituents is 1. The van der Waals surface area contributed by atoms with Gasteiger partial charge in [0, 0.05) is 36.8 Å². The van der Waals surface area contributed by atoms with Crippen molar-refractivity contribution in [2.75, 3.05) is 18.5 Å². The van der Waals surface area contributed by atoms with Gasteiger partial charge in [0.25, 0.3) is 5.69 Å². The molecule has 2 rings (SSSR count). The number of unbranched alkanes of at least 4 members (excludes halogenated alkanes) is 3. The van der Waals surface area contributed by atoms with Crippen LogP contribution in [0.3, 0.4) is 0 Å². The number of thiocarbonyl (C=S) groups is 1. The summed E-state index contributed by atoms with van der Waals surface area (Å²) >= 11 is 5.23. The van der Waals surface area contributed by atoms with Gasteiger partial charge in [-0.15, -0.1) is 0 Å². The highest BCUT2D eigenvalue weighted by Crippen LogP contribution is 2.17. The Morgan fingerprint density at radius 3 is 2.46 bits per heavy atom. The molecular formula is C18H22N4O3S. The second-order valence-electron chi connectivity index (χ2n) is 5.63. The third-order valence-corrected chi connectivity index (χ3v) is 3.86. The molecule has 0 atom stereocenters. The van der Waals surface area contributed by atoms with Gasteiger partial charge in [-0.05, 0) is 49.3 Å². The normalized spacial score (nSPS) is 10.2. The molecule has 0 fully saturated rings. The zero-order valence-corrected chi connectivity index (χ0v) is 15.2. The quantitative estimate of drug-likeness (QED) is 0.282. The summed E-state index contributed by atoms with van der Waals surface area (Å²) in [6, 6.07) is 9.86. The summed E-state index contributed by atoms with van der Waals surface area (Å²) in [6.07, 6.45) is 7.52. The summed E-state index contributed by atoms with van der Waals surface area (Å²) in [5.74, 6) is 0.657. The molecule has 0 amide bonds. The van der Waals surface area contributed by atoms with Gasteiger partial charge < -0.3 is 15.4 Å². The van der Waals surface area contributed by atoms with Crippen molar-refractivity contribution in [3.63, 3.8) is 0 Å². The number of benzene rings is 1. The average Bonchev–Trinajstić information content (AvgIpc) is 2.65. The van der Waals surface area contributed by atoms with Gasteiger partial charge in [0.2, 0.25) is 0 Å². The van der Waals surface area contributed by atoms with Crippen molar-refractivity contribution in [2.45, 2.75) is 25.7 Å². The van der Waals surface area contributed by atoms with Gasteiger partial charge in [-0.3, -0.25) is 15.1 Å². The fourth-order valence-electron chi connectivity index (χ4n) is 2.25. The van der Waals surface area contributed by atoms with Crippen molar-refractivity contribution in [3.05, 3.63) is 58.9 Å². The summed E-state index contributed by atoms with van der Waals surface area (Å²) < 4.78 is 5.58. The molecule has 0 saturated carbocycles. The maximum Gasteiger partial charge on any atom is 0.269 e. The predicted molar refractivity (Wildman–Crippen MR) is 106 cm³/mol. The molecule has 0 aliphatic rings. The zero-order chi connectivity index (χ0) is 18.6. The maximum atomic E-state index is 10.6. The van der Waals surface area contributed by atoms with Crippen LogP contribution in [0.4, 0.5) is 11.4 Å². The van der Waals surface area contributed by atoms with E-state index in [1.165, 1.54) is 12.1 Å². The van der Waals surface area contributed by atoms with E-state index in [4.69, 9.17) is 17.0 Å². The molecule has 7 nitrogen and oxygen atoms in total. The van der Waals surface area contributed by atoms with Crippen LogP contribution in [0.25, 0.3) is 0 Å². The van der Waals surface area contributed by atoms with Gasteiger partial charge in [-0.1, -0.05) is 12.8 Å². The van der Waals surface area contributed by atoms with Crippen LogP contribution in [0.2, 0.25) is 0 Å². The monoisotopic (exact) mass is 374 g/mol. The van der Waals surface area contributed by atoms with Gasteiger partial charge in [-0.25, -0.2) is 0 Å². The van der Waals surface area contributed by atoms with E-state index in [0.717, 1.165) is 37.9 Å². The van der Waals surface area contributed by atoms with Crippen LogP contribution in [-0.2, 0) is 0 Å².